The highest BCUT2D eigenvalue weighted by Crippen LogP contribution is 2.30. The van der Waals surface area contributed by atoms with Crippen LogP contribution in [0, 0.1) is 11.6 Å². The van der Waals surface area contributed by atoms with Crippen LogP contribution in [-0.4, -0.2) is 0 Å². The minimum Gasteiger partial charge on any atom is -0.271 e. The molecule has 0 radical (unpaired) electrons. The first-order valence-corrected chi connectivity index (χ1v) is 6.83. The van der Waals surface area contributed by atoms with E-state index in [-0.39, 0.29) is 5.56 Å². The molecule has 2 rings (SSSR count). The molecule has 1 aliphatic rings. The smallest absolute Gasteiger partial charge is 0.163 e. The zero-order valence-electron chi connectivity index (χ0n) is 11.0. The Morgan fingerprint density at radius 1 is 1.11 bits per heavy atom. The van der Waals surface area contributed by atoms with Gasteiger partial charge in [0.05, 0.1) is 6.04 Å². The second-order valence-electron chi connectivity index (χ2n) is 4.97. The minimum absolute atomic E-state index is 0.286. The molecule has 1 unspecified atom stereocenters. The molecule has 1 atom stereocenters. The number of halogens is 2. The third-order valence-electron chi connectivity index (χ3n) is 3.66. The van der Waals surface area contributed by atoms with Gasteiger partial charge in [-0.1, -0.05) is 36.6 Å². The Balaban J connectivity index is 2.30. The van der Waals surface area contributed by atoms with Crippen molar-refractivity contribution in [3.05, 3.63) is 47.0 Å². The predicted octanol–water partition coefficient (Wildman–Crippen LogP) is 3.75. The highest BCUT2D eigenvalue weighted by molar-refractivity contribution is 5.30. The van der Waals surface area contributed by atoms with Crippen LogP contribution in [0.15, 0.2) is 29.8 Å². The second-order valence-corrected chi connectivity index (χ2v) is 4.97. The summed E-state index contributed by atoms with van der Waals surface area (Å²) in [6.07, 6.45) is 8.61. The van der Waals surface area contributed by atoms with E-state index in [4.69, 9.17) is 5.84 Å². The van der Waals surface area contributed by atoms with Crippen LogP contribution in [0.1, 0.15) is 50.1 Å². The van der Waals surface area contributed by atoms with Crippen LogP contribution >= 0.6 is 0 Å². The summed E-state index contributed by atoms with van der Waals surface area (Å²) >= 11 is 0. The lowest BCUT2D eigenvalue weighted by Crippen LogP contribution is -2.30. The van der Waals surface area contributed by atoms with Crippen molar-refractivity contribution in [3.8, 4) is 0 Å². The maximum Gasteiger partial charge on any atom is 0.163 e. The number of rotatable bonds is 3. The molecule has 4 heteroatoms. The van der Waals surface area contributed by atoms with Crippen molar-refractivity contribution in [1.29, 1.82) is 0 Å². The zero-order valence-corrected chi connectivity index (χ0v) is 11.0. The van der Waals surface area contributed by atoms with Crippen molar-refractivity contribution in [2.45, 2.75) is 44.6 Å². The molecule has 2 nitrogen and oxygen atoms in total. The SMILES string of the molecule is NNC(/C1=C/CCCCCC1)c1cccc(F)c1F. The molecular formula is C15H20F2N2. The summed E-state index contributed by atoms with van der Waals surface area (Å²) in [6, 6.07) is 3.79. The van der Waals surface area contributed by atoms with Gasteiger partial charge < -0.3 is 0 Å². The van der Waals surface area contributed by atoms with Gasteiger partial charge in [-0.15, -0.1) is 0 Å². The average molecular weight is 266 g/mol. The molecule has 0 aliphatic heterocycles. The first-order valence-electron chi connectivity index (χ1n) is 6.83. The van der Waals surface area contributed by atoms with Crippen molar-refractivity contribution >= 4 is 0 Å². The van der Waals surface area contributed by atoms with Gasteiger partial charge in [0.25, 0.3) is 0 Å². The topological polar surface area (TPSA) is 38.0 Å². The van der Waals surface area contributed by atoms with E-state index in [1.54, 1.807) is 6.07 Å². The Morgan fingerprint density at radius 3 is 2.68 bits per heavy atom. The van der Waals surface area contributed by atoms with Gasteiger partial charge in [0.2, 0.25) is 0 Å². The van der Waals surface area contributed by atoms with E-state index in [0.717, 1.165) is 37.3 Å². The molecule has 1 aromatic rings. The van der Waals surface area contributed by atoms with Gasteiger partial charge in [-0.05, 0) is 31.7 Å². The Hall–Kier alpha value is -1.26. The summed E-state index contributed by atoms with van der Waals surface area (Å²) in [6.45, 7) is 0. The van der Waals surface area contributed by atoms with Crippen LogP contribution in [-0.2, 0) is 0 Å². The van der Waals surface area contributed by atoms with Crippen LogP contribution in [0.25, 0.3) is 0 Å². The second kappa shape index (κ2) is 6.78. The molecule has 0 spiro atoms. The van der Waals surface area contributed by atoms with E-state index in [2.05, 4.69) is 11.5 Å². The maximum atomic E-state index is 13.9. The summed E-state index contributed by atoms with van der Waals surface area (Å²) in [5.74, 6) is 3.92. The third kappa shape index (κ3) is 3.39. The van der Waals surface area contributed by atoms with Crippen molar-refractivity contribution in [2.24, 2.45) is 5.84 Å². The van der Waals surface area contributed by atoms with Crippen molar-refractivity contribution in [1.82, 2.24) is 5.43 Å². The van der Waals surface area contributed by atoms with E-state index < -0.39 is 17.7 Å². The highest BCUT2D eigenvalue weighted by atomic mass is 19.2. The molecular weight excluding hydrogens is 246 g/mol. The number of hydrazine groups is 1. The lowest BCUT2D eigenvalue weighted by atomic mass is 9.91. The quantitative estimate of drug-likeness (QED) is 0.497. The van der Waals surface area contributed by atoms with Crippen LogP contribution in [0.5, 0.6) is 0 Å². The molecule has 104 valence electrons. The summed E-state index contributed by atoms with van der Waals surface area (Å²) in [7, 11) is 0. The molecule has 0 bridgehead atoms. The van der Waals surface area contributed by atoms with Gasteiger partial charge >= 0.3 is 0 Å². The van der Waals surface area contributed by atoms with Gasteiger partial charge in [0.1, 0.15) is 0 Å². The maximum absolute atomic E-state index is 13.9. The minimum atomic E-state index is -0.829. The number of benzene rings is 1. The number of nitrogens with two attached hydrogens (primary N) is 1. The highest BCUT2D eigenvalue weighted by Gasteiger charge is 2.20. The van der Waals surface area contributed by atoms with Gasteiger partial charge in [0.15, 0.2) is 11.6 Å². The molecule has 19 heavy (non-hydrogen) atoms. The largest absolute Gasteiger partial charge is 0.271 e. The van der Waals surface area contributed by atoms with Crippen LogP contribution in [0.4, 0.5) is 8.78 Å². The molecule has 0 fully saturated rings. The van der Waals surface area contributed by atoms with E-state index >= 15 is 0 Å². The Bertz CT molecular complexity index is 457. The fourth-order valence-corrected chi connectivity index (χ4v) is 2.62. The van der Waals surface area contributed by atoms with Crippen molar-refractivity contribution in [3.63, 3.8) is 0 Å². The normalized spacial score (nSPS) is 21.1. The molecule has 1 aliphatic carbocycles. The Kier molecular flexibility index (Phi) is 5.05. The number of hydrogen-bond donors (Lipinski definition) is 2. The van der Waals surface area contributed by atoms with E-state index in [1.165, 1.54) is 18.9 Å². The first-order chi connectivity index (χ1) is 9.24. The van der Waals surface area contributed by atoms with E-state index in [0.29, 0.717) is 0 Å². The monoisotopic (exact) mass is 266 g/mol. The third-order valence-corrected chi connectivity index (χ3v) is 3.66. The van der Waals surface area contributed by atoms with Gasteiger partial charge in [-0.3, -0.25) is 5.84 Å². The molecule has 3 N–H and O–H groups in total. The molecule has 1 aromatic carbocycles. The van der Waals surface area contributed by atoms with Crippen LogP contribution < -0.4 is 11.3 Å². The number of nitrogens with one attached hydrogen (secondary N) is 1. The fraction of sp³-hybridized carbons (Fsp3) is 0.467. The van der Waals surface area contributed by atoms with Gasteiger partial charge in [0, 0.05) is 5.56 Å². The molecule has 0 saturated heterocycles. The Morgan fingerprint density at radius 2 is 1.89 bits per heavy atom. The Labute approximate surface area is 112 Å². The number of hydrogen-bond acceptors (Lipinski definition) is 2. The van der Waals surface area contributed by atoms with Crippen molar-refractivity contribution < 1.29 is 8.78 Å². The fourth-order valence-electron chi connectivity index (χ4n) is 2.62. The zero-order chi connectivity index (χ0) is 13.7. The predicted molar refractivity (Wildman–Crippen MR) is 72.2 cm³/mol. The molecule has 0 heterocycles. The molecule has 0 saturated carbocycles. The molecule has 0 aromatic heterocycles. The van der Waals surface area contributed by atoms with Crippen molar-refractivity contribution in [2.75, 3.05) is 0 Å². The summed E-state index contributed by atoms with van der Waals surface area (Å²) in [5.41, 5.74) is 3.98. The summed E-state index contributed by atoms with van der Waals surface area (Å²) in [4.78, 5) is 0. The van der Waals surface area contributed by atoms with E-state index in [9.17, 15) is 8.78 Å². The summed E-state index contributed by atoms with van der Waals surface area (Å²) in [5, 5.41) is 0. The average Bonchev–Trinajstić information content (AvgIpc) is 2.37. The first kappa shape index (κ1) is 14.2. The van der Waals surface area contributed by atoms with Crippen LogP contribution in [0.3, 0.4) is 0 Å². The lowest BCUT2D eigenvalue weighted by Gasteiger charge is -2.22. The summed E-state index contributed by atoms with van der Waals surface area (Å²) < 4.78 is 27.2. The van der Waals surface area contributed by atoms with Crippen LogP contribution in [0.2, 0.25) is 0 Å². The number of allylic oxidation sites excluding steroid dienone is 1. The standard InChI is InChI=1S/C15H20F2N2/c16-13-10-6-9-12(14(13)17)15(19-18)11-7-4-2-1-3-5-8-11/h6-7,9-10,15,19H,1-5,8,18H2/b11-7+. The lowest BCUT2D eigenvalue weighted by molar-refractivity contribution is 0.474. The van der Waals surface area contributed by atoms with Gasteiger partial charge in [-0.25, -0.2) is 14.2 Å². The molecule has 0 amide bonds. The van der Waals surface area contributed by atoms with E-state index in [1.807, 2.05) is 0 Å². The van der Waals surface area contributed by atoms with Gasteiger partial charge in [-0.2, -0.15) is 0 Å².